The minimum absolute atomic E-state index is 0.00630. The van der Waals surface area contributed by atoms with Crippen molar-refractivity contribution in [3.63, 3.8) is 0 Å². The van der Waals surface area contributed by atoms with E-state index < -0.39 is 12.0 Å². The Kier molecular flexibility index (Phi) is 6.17. The molecule has 0 spiro atoms. The first kappa shape index (κ1) is 23.2. The maximum Gasteiger partial charge on any atom is 0.256 e. The van der Waals surface area contributed by atoms with E-state index in [9.17, 15) is 19.1 Å². The molecule has 0 fully saturated rings. The number of halogens is 1. The minimum Gasteiger partial charge on any atom is -0.389 e. The Bertz CT molecular complexity index is 1470. The largest absolute Gasteiger partial charge is 0.389 e. The lowest BCUT2D eigenvalue weighted by molar-refractivity contribution is -0.110. The molecule has 2 aromatic heterocycles. The fraction of sp³-hybridized carbons (Fsp3) is 0.154. The highest BCUT2D eigenvalue weighted by atomic mass is 19.1. The van der Waals surface area contributed by atoms with E-state index in [1.165, 1.54) is 29.3 Å². The molecule has 36 heavy (non-hydrogen) atoms. The number of hydrogen-bond donors (Lipinski definition) is 4. The second kappa shape index (κ2) is 9.59. The SMILES string of the molecule is Cc1cc(C(=O)NCC(O)Cn2nccn2)c(/C=C2\C(=O)Nc3cccc(-c4cccc(F)c4)c32)[nH]1. The van der Waals surface area contributed by atoms with Crippen LogP contribution in [0.15, 0.2) is 60.9 Å². The predicted octanol–water partition coefficient (Wildman–Crippen LogP) is 3.00. The van der Waals surface area contributed by atoms with Crippen LogP contribution in [-0.4, -0.2) is 49.5 Å². The Balaban J connectivity index is 1.44. The van der Waals surface area contributed by atoms with Gasteiger partial charge in [0.2, 0.25) is 0 Å². The summed E-state index contributed by atoms with van der Waals surface area (Å²) in [5.41, 5.74) is 4.42. The number of aliphatic hydroxyl groups excluding tert-OH is 1. The van der Waals surface area contributed by atoms with Gasteiger partial charge in [-0.15, -0.1) is 0 Å². The first-order valence-corrected chi connectivity index (χ1v) is 11.3. The number of nitrogens with zero attached hydrogens (tertiary/aromatic N) is 3. The lowest BCUT2D eigenvalue weighted by Gasteiger charge is -2.11. The Labute approximate surface area is 205 Å². The van der Waals surface area contributed by atoms with E-state index in [0.29, 0.717) is 39.2 Å². The van der Waals surface area contributed by atoms with Crippen molar-refractivity contribution in [2.45, 2.75) is 19.6 Å². The van der Waals surface area contributed by atoms with Crippen molar-refractivity contribution in [1.82, 2.24) is 25.3 Å². The lowest BCUT2D eigenvalue weighted by Crippen LogP contribution is -2.35. The number of nitrogens with one attached hydrogen (secondary N) is 3. The number of carbonyl (C=O) groups is 2. The summed E-state index contributed by atoms with van der Waals surface area (Å²) >= 11 is 0. The number of rotatable bonds is 7. The molecule has 0 bridgehead atoms. The van der Waals surface area contributed by atoms with Crippen molar-refractivity contribution in [2.24, 2.45) is 0 Å². The van der Waals surface area contributed by atoms with E-state index in [4.69, 9.17) is 0 Å². The van der Waals surface area contributed by atoms with Gasteiger partial charge in [-0.2, -0.15) is 15.0 Å². The van der Waals surface area contributed by atoms with Gasteiger partial charge in [-0.1, -0.05) is 24.3 Å². The van der Waals surface area contributed by atoms with Crippen LogP contribution in [0.25, 0.3) is 22.8 Å². The van der Waals surface area contributed by atoms with Gasteiger partial charge in [0.25, 0.3) is 11.8 Å². The molecule has 4 N–H and O–H groups in total. The quantitative estimate of drug-likeness (QED) is 0.299. The third kappa shape index (κ3) is 4.66. The summed E-state index contributed by atoms with van der Waals surface area (Å²) < 4.78 is 13.9. The van der Waals surface area contributed by atoms with Crippen LogP contribution in [-0.2, 0) is 11.3 Å². The van der Waals surface area contributed by atoms with Gasteiger partial charge in [0, 0.05) is 23.5 Å². The van der Waals surface area contributed by atoms with Crippen molar-refractivity contribution >= 4 is 29.2 Å². The zero-order valence-corrected chi connectivity index (χ0v) is 19.3. The molecule has 0 aliphatic carbocycles. The predicted molar refractivity (Wildman–Crippen MR) is 132 cm³/mol. The molecule has 0 radical (unpaired) electrons. The normalized spacial score (nSPS) is 14.5. The summed E-state index contributed by atoms with van der Waals surface area (Å²) in [4.78, 5) is 30.4. The number of aromatic amines is 1. The average Bonchev–Trinajstić information content (AvgIpc) is 3.57. The van der Waals surface area contributed by atoms with E-state index in [1.807, 2.05) is 6.07 Å². The summed E-state index contributed by atoms with van der Waals surface area (Å²) in [6.07, 6.45) is 3.75. The zero-order valence-electron chi connectivity index (χ0n) is 19.3. The first-order chi connectivity index (χ1) is 17.4. The summed E-state index contributed by atoms with van der Waals surface area (Å²) in [6, 6.07) is 13.2. The fourth-order valence-electron chi connectivity index (χ4n) is 4.24. The van der Waals surface area contributed by atoms with Crippen molar-refractivity contribution in [3.05, 3.63) is 89.3 Å². The van der Waals surface area contributed by atoms with Crippen LogP contribution in [0.4, 0.5) is 10.1 Å². The maximum atomic E-state index is 13.9. The molecule has 3 heterocycles. The number of H-pyrrole nitrogens is 1. The standard InChI is InChI=1S/C26H23FN6O3/c1-15-10-20(25(35)28-13-18(34)14-33-29-8-9-30-33)23(31-15)12-21-24-19(16-4-2-5-17(27)11-16)6-3-7-22(24)32-26(21)36/h2-12,18,31,34H,13-14H2,1H3,(H,28,35)(H,32,36)/b21-12-. The van der Waals surface area contributed by atoms with Crippen LogP contribution in [0.5, 0.6) is 0 Å². The number of fused-ring (bicyclic) bond motifs is 1. The van der Waals surface area contributed by atoms with E-state index >= 15 is 0 Å². The van der Waals surface area contributed by atoms with Crippen LogP contribution in [0.2, 0.25) is 0 Å². The molecule has 2 amide bonds. The van der Waals surface area contributed by atoms with E-state index in [-0.39, 0.29) is 24.8 Å². The molecule has 10 heteroatoms. The Morgan fingerprint density at radius 1 is 1.19 bits per heavy atom. The summed E-state index contributed by atoms with van der Waals surface area (Å²) in [7, 11) is 0. The number of aryl methyl sites for hydroxylation is 1. The van der Waals surface area contributed by atoms with Crippen LogP contribution < -0.4 is 10.6 Å². The van der Waals surface area contributed by atoms with Gasteiger partial charge >= 0.3 is 0 Å². The number of amides is 2. The molecule has 182 valence electrons. The highest BCUT2D eigenvalue weighted by Gasteiger charge is 2.28. The highest BCUT2D eigenvalue weighted by molar-refractivity contribution is 6.36. The van der Waals surface area contributed by atoms with Crippen LogP contribution >= 0.6 is 0 Å². The third-order valence-corrected chi connectivity index (χ3v) is 5.82. The van der Waals surface area contributed by atoms with Gasteiger partial charge in [0.05, 0.1) is 41.9 Å². The molecule has 1 aliphatic rings. The summed E-state index contributed by atoms with van der Waals surface area (Å²) in [5.74, 6) is -1.11. The van der Waals surface area contributed by atoms with Crippen molar-refractivity contribution in [3.8, 4) is 11.1 Å². The van der Waals surface area contributed by atoms with E-state index in [1.54, 1.807) is 43.3 Å². The molecule has 1 unspecified atom stereocenters. The van der Waals surface area contributed by atoms with E-state index in [0.717, 1.165) is 5.69 Å². The van der Waals surface area contributed by atoms with Crippen molar-refractivity contribution < 1.29 is 19.1 Å². The number of carbonyl (C=O) groups excluding carboxylic acids is 2. The second-order valence-electron chi connectivity index (χ2n) is 8.48. The van der Waals surface area contributed by atoms with Gasteiger partial charge in [-0.05, 0) is 48.4 Å². The fourth-order valence-corrected chi connectivity index (χ4v) is 4.24. The van der Waals surface area contributed by atoms with Gasteiger partial charge < -0.3 is 20.7 Å². The van der Waals surface area contributed by atoms with Crippen molar-refractivity contribution in [2.75, 3.05) is 11.9 Å². The molecular weight excluding hydrogens is 463 g/mol. The number of hydrogen-bond acceptors (Lipinski definition) is 5. The Hall–Kier alpha value is -4.57. The highest BCUT2D eigenvalue weighted by Crippen LogP contribution is 2.40. The van der Waals surface area contributed by atoms with Crippen LogP contribution in [0.1, 0.15) is 27.3 Å². The monoisotopic (exact) mass is 486 g/mol. The molecule has 1 aliphatic heterocycles. The van der Waals surface area contributed by atoms with Gasteiger partial charge in [0.1, 0.15) is 5.82 Å². The summed E-state index contributed by atoms with van der Waals surface area (Å²) in [5, 5.41) is 23.6. The molecule has 5 rings (SSSR count). The number of benzene rings is 2. The zero-order chi connectivity index (χ0) is 25.2. The second-order valence-corrected chi connectivity index (χ2v) is 8.48. The number of aromatic nitrogens is 4. The number of aliphatic hydroxyl groups is 1. The molecule has 1 atom stereocenters. The Morgan fingerprint density at radius 3 is 2.75 bits per heavy atom. The lowest BCUT2D eigenvalue weighted by atomic mass is 9.94. The molecule has 0 saturated heterocycles. The first-order valence-electron chi connectivity index (χ1n) is 11.3. The summed E-state index contributed by atoms with van der Waals surface area (Å²) in [6.45, 7) is 1.93. The van der Waals surface area contributed by atoms with Gasteiger partial charge in [-0.25, -0.2) is 4.39 Å². The maximum absolute atomic E-state index is 13.9. The Morgan fingerprint density at radius 2 is 1.97 bits per heavy atom. The molecule has 9 nitrogen and oxygen atoms in total. The molecule has 0 saturated carbocycles. The van der Waals surface area contributed by atoms with Crippen LogP contribution in [0, 0.1) is 12.7 Å². The average molecular weight is 487 g/mol. The topological polar surface area (TPSA) is 125 Å². The van der Waals surface area contributed by atoms with Crippen molar-refractivity contribution in [1.29, 1.82) is 0 Å². The minimum atomic E-state index is -0.885. The molecule has 4 aromatic rings. The molecular formula is C26H23FN6O3. The van der Waals surface area contributed by atoms with Gasteiger partial charge in [0.15, 0.2) is 0 Å². The third-order valence-electron chi connectivity index (χ3n) is 5.82. The smallest absolute Gasteiger partial charge is 0.256 e. The van der Waals surface area contributed by atoms with E-state index in [2.05, 4.69) is 25.8 Å². The van der Waals surface area contributed by atoms with Gasteiger partial charge in [-0.3, -0.25) is 9.59 Å². The molecule has 2 aromatic carbocycles. The van der Waals surface area contributed by atoms with Crippen LogP contribution in [0.3, 0.4) is 0 Å². The number of anilines is 1.